The van der Waals surface area contributed by atoms with Gasteiger partial charge in [-0.05, 0) is 12.1 Å². The van der Waals surface area contributed by atoms with E-state index in [1.807, 2.05) is 24.3 Å². The second kappa shape index (κ2) is 6.52. The predicted octanol–water partition coefficient (Wildman–Crippen LogP) is 2.65. The van der Waals surface area contributed by atoms with Crippen LogP contribution in [-0.2, 0) is 19.1 Å². The van der Waals surface area contributed by atoms with Crippen LogP contribution in [0.2, 0.25) is 0 Å². The summed E-state index contributed by atoms with van der Waals surface area (Å²) in [6.07, 6.45) is -0.0533. The van der Waals surface area contributed by atoms with Crippen LogP contribution in [-0.4, -0.2) is 29.5 Å². The monoisotopic (exact) mass is 321 g/mol. The molecule has 6 heteroatoms. The number of amides is 1. The molecule has 22 heavy (non-hydrogen) atoms. The molecule has 1 heterocycles. The van der Waals surface area contributed by atoms with Crippen LogP contribution < -0.4 is 5.32 Å². The van der Waals surface area contributed by atoms with Gasteiger partial charge in [-0.3, -0.25) is 14.4 Å². The van der Waals surface area contributed by atoms with E-state index in [0.29, 0.717) is 0 Å². The first kappa shape index (κ1) is 16.5. The number of para-hydroxylation sites is 1. The van der Waals surface area contributed by atoms with Crippen molar-refractivity contribution in [1.82, 2.24) is 0 Å². The van der Waals surface area contributed by atoms with Gasteiger partial charge in [-0.1, -0.05) is 32.9 Å². The lowest BCUT2D eigenvalue weighted by atomic mass is 9.91. The van der Waals surface area contributed by atoms with Crippen LogP contribution in [0.5, 0.6) is 0 Å². The number of ether oxygens (including phenoxy) is 1. The Kier molecular flexibility index (Phi) is 4.90. The van der Waals surface area contributed by atoms with E-state index in [2.05, 4.69) is 5.32 Å². The average molecular weight is 321 g/mol. The summed E-state index contributed by atoms with van der Waals surface area (Å²) in [4.78, 5) is 36.5. The van der Waals surface area contributed by atoms with Crippen molar-refractivity contribution < 1.29 is 19.1 Å². The molecule has 0 saturated heterocycles. The molecule has 0 unspecified atom stereocenters. The normalized spacial score (nSPS) is 17.4. The highest BCUT2D eigenvalue weighted by atomic mass is 32.2. The first-order valence-electron chi connectivity index (χ1n) is 7.03. The number of Topliss-reactive ketones (excluding diaryl/α,β-unsaturated/α-hetero) is 1. The fourth-order valence-electron chi connectivity index (χ4n) is 1.80. The van der Waals surface area contributed by atoms with Gasteiger partial charge in [0.1, 0.15) is 0 Å². The zero-order valence-corrected chi connectivity index (χ0v) is 13.7. The molecule has 1 aromatic rings. The summed E-state index contributed by atoms with van der Waals surface area (Å²) in [5.41, 5.74) is 0.209. The quantitative estimate of drug-likeness (QED) is 0.863. The van der Waals surface area contributed by atoms with Crippen LogP contribution in [0.4, 0.5) is 5.69 Å². The molecular formula is C16H19NO4S. The van der Waals surface area contributed by atoms with E-state index in [-0.39, 0.29) is 24.7 Å². The van der Waals surface area contributed by atoms with E-state index in [0.717, 1.165) is 10.6 Å². The Bertz CT molecular complexity index is 606. The standard InChI is InChI=1S/C16H19NO4S/c1-16(2,3)13(18)9-21-14(19)8-12-15(20)17-10-6-4-5-7-11(10)22-12/h4-7,12H,8-9H2,1-3H3,(H,17,20)/t12-/m0/s1. The molecule has 1 amide bonds. The van der Waals surface area contributed by atoms with E-state index >= 15 is 0 Å². The minimum Gasteiger partial charge on any atom is -0.458 e. The molecule has 5 nitrogen and oxygen atoms in total. The Labute approximate surface area is 133 Å². The van der Waals surface area contributed by atoms with Gasteiger partial charge >= 0.3 is 5.97 Å². The maximum absolute atomic E-state index is 12.0. The molecule has 0 aromatic heterocycles. The summed E-state index contributed by atoms with van der Waals surface area (Å²) < 4.78 is 4.99. The Morgan fingerprint density at radius 1 is 1.27 bits per heavy atom. The summed E-state index contributed by atoms with van der Waals surface area (Å²) in [6, 6.07) is 7.42. The molecule has 1 atom stereocenters. The van der Waals surface area contributed by atoms with E-state index < -0.39 is 16.6 Å². The summed E-state index contributed by atoms with van der Waals surface area (Å²) in [6.45, 7) is 5.05. The van der Waals surface area contributed by atoms with Crippen molar-refractivity contribution in [3.63, 3.8) is 0 Å². The van der Waals surface area contributed by atoms with Crippen LogP contribution in [0.3, 0.4) is 0 Å². The van der Waals surface area contributed by atoms with Gasteiger partial charge in [0.2, 0.25) is 5.91 Å². The van der Waals surface area contributed by atoms with Crippen molar-refractivity contribution >= 4 is 35.1 Å². The van der Waals surface area contributed by atoms with Crippen LogP contribution in [0, 0.1) is 5.41 Å². The van der Waals surface area contributed by atoms with Crippen molar-refractivity contribution in [3.8, 4) is 0 Å². The molecule has 1 aliphatic heterocycles. The fourth-order valence-corrected chi connectivity index (χ4v) is 2.89. The maximum Gasteiger partial charge on any atom is 0.307 e. The third-order valence-corrected chi connectivity index (χ3v) is 4.53. The lowest BCUT2D eigenvalue weighted by molar-refractivity contribution is -0.150. The summed E-state index contributed by atoms with van der Waals surface area (Å²) >= 11 is 1.34. The number of thioether (sulfide) groups is 1. The maximum atomic E-state index is 12.0. The molecule has 0 aliphatic carbocycles. The number of hydrogen-bond acceptors (Lipinski definition) is 5. The molecule has 0 spiro atoms. The van der Waals surface area contributed by atoms with E-state index in [9.17, 15) is 14.4 Å². The highest BCUT2D eigenvalue weighted by Gasteiger charge is 2.30. The van der Waals surface area contributed by atoms with Crippen LogP contribution in [0.25, 0.3) is 0 Å². The largest absolute Gasteiger partial charge is 0.458 e. The van der Waals surface area contributed by atoms with E-state index in [1.165, 1.54) is 11.8 Å². The summed E-state index contributed by atoms with van der Waals surface area (Å²) in [7, 11) is 0. The number of hydrogen-bond donors (Lipinski definition) is 1. The molecule has 2 rings (SSSR count). The number of benzene rings is 1. The number of rotatable bonds is 4. The number of carbonyl (C=O) groups excluding carboxylic acids is 3. The Morgan fingerprint density at radius 3 is 2.64 bits per heavy atom. The van der Waals surface area contributed by atoms with Crippen LogP contribution >= 0.6 is 11.8 Å². The zero-order valence-electron chi connectivity index (χ0n) is 12.8. The van der Waals surface area contributed by atoms with Gasteiger partial charge in [-0.15, -0.1) is 11.8 Å². The summed E-state index contributed by atoms with van der Waals surface area (Å²) in [5.74, 6) is -0.903. The lowest BCUT2D eigenvalue weighted by Gasteiger charge is -2.23. The molecule has 0 saturated carbocycles. The zero-order chi connectivity index (χ0) is 16.3. The Hall–Kier alpha value is -1.82. The predicted molar refractivity (Wildman–Crippen MR) is 84.8 cm³/mol. The molecule has 1 aromatic carbocycles. The van der Waals surface area contributed by atoms with Crippen molar-refractivity contribution in [2.45, 2.75) is 37.3 Å². The van der Waals surface area contributed by atoms with Crippen molar-refractivity contribution in [2.24, 2.45) is 5.41 Å². The van der Waals surface area contributed by atoms with Gasteiger partial charge in [0, 0.05) is 10.3 Å². The number of anilines is 1. The second-order valence-electron chi connectivity index (χ2n) is 6.13. The topological polar surface area (TPSA) is 72.5 Å². The highest BCUT2D eigenvalue weighted by Crippen LogP contribution is 2.36. The average Bonchev–Trinajstić information content (AvgIpc) is 2.44. The minimum atomic E-state index is -0.545. The molecule has 1 N–H and O–H groups in total. The van der Waals surface area contributed by atoms with Gasteiger partial charge in [-0.2, -0.15) is 0 Å². The minimum absolute atomic E-state index is 0.0533. The van der Waals surface area contributed by atoms with Gasteiger partial charge < -0.3 is 10.1 Å². The third-order valence-electron chi connectivity index (χ3n) is 3.26. The fraction of sp³-hybridized carbons (Fsp3) is 0.438. The molecule has 1 aliphatic rings. The van der Waals surface area contributed by atoms with E-state index in [4.69, 9.17) is 4.74 Å². The number of fused-ring (bicyclic) bond motifs is 1. The number of nitrogens with one attached hydrogen (secondary N) is 1. The smallest absolute Gasteiger partial charge is 0.307 e. The first-order chi connectivity index (χ1) is 10.3. The van der Waals surface area contributed by atoms with Crippen molar-refractivity contribution in [3.05, 3.63) is 24.3 Å². The van der Waals surface area contributed by atoms with Gasteiger partial charge in [0.25, 0.3) is 0 Å². The van der Waals surface area contributed by atoms with Gasteiger partial charge in [-0.25, -0.2) is 0 Å². The lowest BCUT2D eigenvalue weighted by Crippen LogP contribution is -2.32. The number of esters is 1. The highest BCUT2D eigenvalue weighted by molar-refractivity contribution is 8.01. The molecule has 118 valence electrons. The molecule has 0 bridgehead atoms. The molecular weight excluding hydrogens is 302 g/mol. The van der Waals surface area contributed by atoms with Gasteiger partial charge in [0.15, 0.2) is 12.4 Å². The SMILES string of the molecule is CC(C)(C)C(=O)COC(=O)C[C@@H]1Sc2ccccc2NC1=O. The van der Waals surface area contributed by atoms with Crippen molar-refractivity contribution in [1.29, 1.82) is 0 Å². The Morgan fingerprint density at radius 2 is 1.95 bits per heavy atom. The summed E-state index contributed by atoms with van der Waals surface area (Å²) in [5, 5.41) is 2.23. The second-order valence-corrected chi connectivity index (χ2v) is 7.37. The van der Waals surface area contributed by atoms with Crippen molar-refractivity contribution in [2.75, 3.05) is 11.9 Å². The number of ketones is 1. The first-order valence-corrected chi connectivity index (χ1v) is 7.91. The van der Waals surface area contributed by atoms with E-state index in [1.54, 1.807) is 20.8 Å². The molecule has 0 radical (unpaired) electrons. The van der Waals surface area contributed by atoms with Gasteiger partial charge in [0.05, 0.1) is 17.4 Å². The Balaban J connectivity index is 1.90. The third kappa shape index (κ3) is 4.10. The number of carbonyl (C=O) groups is 3. The molecule has 0 fully saturated rings. The van der Waals surface area contributed by atoms with Crippen LogP contribution in [0.1, 0.15) is 27.2 Å². The van der Waals surface area contributed by atoms with Crippen LogP contribution in [0.15, 0.2) is 29.2 Å².